The first-order valence-electron chi connectivity index (χ1n) is 9.45. The molecule has 0 spiro atoms. The lowest BCUT2D eigenvalue weighted by Crippen LogP contribution is -2.78. The normalized spacial score (nSPS) is 11.2. The summed E-state index contributed by atoms with van der Waals surface area (Å²) in [5.74, 6) is 2.69. The van der Waals surface area contributed by atoms with Gasteiger partial charge in [-0.25, -0.2) is 0 Å². The van der Waals surface area contributed by atoms with Gasteiger partial charge in [-0.3, -0.25) is 14.5 Å². The summed E-state index contributed by atoms with van der Waals surface area (Å²) in [6.07, 6.45) is 1.78. The van der Waals surface area contributed by atoms with Gasteiger partial charge in [-0.05, 0) is 19.8 Å². The van der Waals surface area contributed by atoms with Crippen molar-refractivity contribution in [3.05, 3.63) is 18.0 Å². The SMILES string of the molecule is COCC(=O)NCCCC[NH2+]c1nc2cc(OC)c(OC)cc2n2c(C)nnc12. The van der Waals surface area contributed by atoms with Crippen molar-refractivity contribution < 1.29 is 24.3 Å². The van der Waals surface area contributed by atoms with Gasteiger partial charge in [0.2, 0.25) is 11.6 Å². The number of carbonyl (C=O) groups excluding carboxylic acids is 1. The molecule has 0 atom stereocenters. The smallest absolute Gasteiger partial charge is 0.271 e. The summed E-state index contributed by atoms with van der Waals surface area (Å²) in [5, 5.41) is 13.4. The van der Waals surface area contributed by atoms with Crippen LogP contribution in [0.4, 0.5) is 5.82 Å². The number of nitrogens with one attached hydrogen (secondary N) is 1. The highest BCUT2D eigenvalue weighted by molar-refractivity contribution is 5.84. The molecule has 156 valence electrons. The van der Waals surface area contributed by atoms with Gasteiger partial charge in [0.25, 0.3) is 5.82 Å². The van der Waals surface area contributed by atoms with E-state index >= 15 is 0 Å². The van der Waals surface area contributed by atoms with Crippen molar-refractivity contribution in [3.63, 3.8) is 0 Å². The van der Waals surface area contributed by atoms with E-state index in [4.69, 9.17) is 19.2 Å². The Bertz CT molecular complexity index is 1000. The number of fused-ring (bicyclic) bond motifs is 3. The van der Waals surface area contributed by atoms with Crippen LogP contribution in [0.1, 0.15) is 18.7 Å². The predicted molar refractivity (Wildman–Crippen MR) is 107 cm³/mol. The van der Waals surface area contributed by atoms with Crippen molar-refractivity contribution in [3.8, 4) is 11.5 Å². The quantitative estimate of drug-likeness (QED) is 0.469. The van der Waals surface area contributed by atoms with Crippen LogP contribution in [0, 0.1) is 6.92 Å². The number of hydrogen-bond donors (Lipinski definition) is 2. The van der Waals surface area contributed by atoms with Gasteiger partial charge in [-0.1, -0.05) is 0 Å². The number of nitrogens with two attached hydrogens (primary N) is 1. The maximum atomic E-state index is 11.4. The van der Waals surface area contributed by atoms with Gasteiger partial charge in [0.1, 0.15) is 12.4 Å². The summed E-state index contributed by atoms with van der Waals surface area (Å²) >= 11 is 0. The zero-order valence-electron chi connectivity index (χ0n) is 17.2. The molecule has 0 fully saturated rings. The van der Waals surface area contributed by atoms with E-state index in [1.165, 1.54) is 7.11 Å². The maximum absolute atomic E-state index is 11.4. The van der Waals surface area contributed by atoms with E-state index in [9.17, 15) is 4.79 Å². The molecule has 3 N–H and O–H groups in total. The Morgan fingerprint density at radius 1 is 1.14 bits per heavy atom. The van der Waals surface area contributed by atoms with E-state index in [1.54, 1.807) is 14.2 Å². The molecule has 3 rings (SSSR count). The van der Waals surface area contributed by atoms with Crippen molar-refractivity contribution in [1.29, 1.82) is 0 Å². The van der Waals surface area contributed by atoms with Crippen LogP contribution in [-0.2, 0) is 9.53 Å². The number of hydrogen-bond acceptors (Lipinski definition) is 7. The summed E-state index contributed by atoms with van der Waals surface area (Å²) in [6.45, 7) is 3.43. The molecule has 2 aromatic heterocycles. The molecule has 3 aromatic rings. The number of nitrogens with zero attached hydrogens (tertiary/aromatic N) is 4. The number of aromatic nitrogens is 4. The van der Waals surface area contributed by atoms with Gasteiger partial charge >= 0.3 is 0 Å². The molecule has 0 radical (unpaired) electrons. The minimum Gasteiger partial charge on any atom is -0.493 e. The van der Waals surface area contributed by atoms with Gasteiger partial charge < -0.3 is 19.5 Å². The molecule has 0 aliphatic heterocycles. The number of methoxy groups -OCH3 is 3. The van der Waals surface area contributed by atoms with Crippen LogP contribution in [0.5, 0.6) is 11.5 Å². The van der Waals surface area contributed by atoms with Crippen LogP contribution in [-0.4, -0.2) is 66.5 Å². The largest absolute Gasteiger partial charge is 0.493 e. The van der Waals surface area contributed by atoms with Crippen molar-refractivity contribution in [2.24, 2.45) is 0 Å². The van der Waals surface area contributed by atoms with Crippen molar-refractivity contribution in [2.75, 3.05) is 41.0 Å². The number of amides is 1. The highest BCUT2D eigenvalue weighted by Crippen LogP contribution is 2.32. The van der Waals surface area contributed by atoms with E-state index in [0.29, 0.717) is 23.7 Å². The molecule has 1 aromatic carbocycles. The molecule has 10 nitrogen and oxygen atoms in total. The second-order valence-electron chi connectivity index (χ2n) is 6.58. The molecule has 10 heteroatoms. The Labute approximate surface area is 168 Å². The Morgan fingerprint density at radius 2 is 1.90 bits per heavy atom. The van der Waals surface area contributed by atoms with Gasteiger partial charge in [0, 0.05) is 25.8 Å². The first kappa shape index (κ1) is 20.7. The number of carbonyl (C=O) groups is 1. The molecule has 2 heterocycles. The molecular formula is C19H27N6O4+. The molecule has 0 bridgehead atoms. The predicted octanol–water partition coefficient (Wildman–Crippen LogP) is 0.341. The van der Waals surface area contributed by atoms with E-state index in [-0.39, 0.29) is 12.5 Å². The fraction of sp³-hybridized carbons (Fsp3) is 0.474. The van der Waals surface area contributed by atoms with Gasteiger partial charge in [0.05, 0.1) is 31.8 Å². The lowest BCUT2D eigenvalue weighted by atomic mass is 10.2. The standard InChI is InChI=1S/C19H26N6O4/c1-12-23-24-19-18(21-8-6-5-7-20-17(26)11-27-2)22-13-9-15(28-3)16(29-4)10-14(13)25(12)19/h9-10H,5-8,11H2,1-4H3,(H,20,26)(H,21,22)/p+1. The second kappa shape index (κ2) is 9.48. The third-order valence-corrected chi connectivity index (χ3v) is 4.58. The first-order valence-corrected chi connectivity index (χ1v) is 9.45. The van der Waals surface area contributed by atoms with Crippen LogP contribution < -0.4 is 20.1 Å². The number of benzene rings is 1. The van der Waals surface area contributed by atoms with E-state index < -0.39 is 0 Å². The minimum absolute atomic E-state index is 0.0889. The van der Waals surface area contributed by atoms with Crippen LogP contribution in [0.3, 0.4) is 0 Å². The molecule has 0 aliphatic carbocycles. The third-order valence-electron chi connectivity index (χ3n) is 4.58. The van der Waals surface area contributed by atoms with Gasteiger partial charge in [-0.15, -0.1) is 10.2 Å². The fourth-order valence-electron chi connectivity index (χ4n) is 3.18. The zero-order chi connectivity index (χ0) is 20.8. The number of ether oxygens (including phenoxy) is 3. The van der Waals surface area contributed by atoms with Crippen molar-refractivity contribution >= 4 is 28.4 Å². The summed E-state index contributed by atoms with van der Waals surface area (Å²) < 4.78 is 17.6. The first-order chi connectivity index (χ1) is 14.1. The molecular weight excluding hydrogens is 376 g/mol. The topological polar surface area (TPSA) is 116 Å². The second-order valence-corrected chi connectivity index (χ2v) is 6.58. The average Bonchev–Trinajstić information content (AvgIpc) is 3.11. The summed E-state index contributed by atoms with van der Waals surface area (Å²) in [6, 6.07) is 3.74. The zero-order valence-corrected chi connectivity index (χ0v) is 17.2. The molecule has 0 saturated carbocycles. The fourth-order valence-corrected chi connectivity index (χ4v) is 3.18. The summed E-state index contributed by atoms with van der Waals surface area (Å²) in [7, 11) is 4.71. The molecule has 0 unspecified atom stereocenters. The molecule has 1 amide bonds. The highest BCUT2D eigenvalue weighted by atomic mass is 16.5. The number of unbranched alkanes of at least 4 members (excludes halogenated alkanes) is 1. The molecule has 29 heavy (non-hydrogen) atoms. The molecule has 0 saturated heterocycles. The lowest BCUT2D eigenvalue weighted by Gasteiger charge is -2.11. The monoisotopic (exact) mass is 403 g/mol. The van der Waals surface area contributed by atoms with Crippen molar-refractivity contribution in [2.45, 2.75) is 19.8 Å². The van der Waals surface area contributed by atoms with E-state index in [1.807, 2.05) is 23.5 Å². The van der Waals surface area contributed by atoms with E-state index in [0.717, 1.165) is 42.1 Å². The minimum atomic E-state index is -0.0994. The Morgan fingerprint density at radius 3 is 2.62 bits per heavy atom. The van der Waals surface area contributed by atoms with Crippen molar-refractivity contribution in [1.82, 2.24) is 24.9 Å². The van der Waals surface area contributed by atoms with Crippen LogP contribution in [0.15, 0.2) is 12.1 Å². The summed E-state index contributed by atoms with van der Waals surface area (Å²) in [4.78, 5) is 16.1. The Kier molecular flexibility index (Phi) is 6.78. The highest BCUT2D eigenvalue weighted by Gasteiger charge is 2.18. The van der Waals surface area contributed by atoms with E-state index in [2.05, 4.69) is 20.8 Å². The number of quaternary nitrogens is 1. The molecule has 0 aliphatic rings. The maximum Gasteiger partial charge on any atom is 0.271 e. The summed E-state index contributed by atoms with van der Waals surface area (Å²) in [5.41, 5.74) is 2.34. The Balaban J connectivity index is 1.76. The number of aryl methyl sites for hydroxylation is 1. The van der Waals surface area contributed by atoms with Crippen LogP contribution in [0.2, 0.25) is 0 Å². The van der Waals surface area contributed by atoms with Gasteiger partial charge in [0.15, 0.2) is 11.5 Å². The Hall–Kier alpha value is -2.98. The lowest BCUT2D eigenvalue weighted by molar-refractivity contribution is -0.574. The van der Waals surface area contributed by atoms with Crippen LogP contribution in [0.25, 0.3) is 16.7 Å². The average molecular weight is 403 g/mol. The third kappa shape index (κ3) is 4.54. The number of rotatable bonds is 10. The van der Waals surface area contributed by atoms with Crippen LogP contribution >= 0.6 is 0 Å². The van der Waals surface area contributed by atoms with Gasteiger partial charge in [-0.2, -0.15) is 4.98 Å².